The third-order valence-electron chi connectivity index (χ3n) is 1.85. The van der Waals surface area contributed by atoms with Crippen LogP contribution in [0, 0.1) is 0 Å². The van der Waals surface area contributed by atoms with Gasteiger partial charge >= 0.3 is 5.97 Å². The Bertz CT molecular complexity index is 377. The average Bonchev–Trinajstić information content (AvgIpc) is 2.25. The first kappa shape index (κ1) is 11.2. The normalized spacial score (nSPS) is 11.3. The van der Waals surface area contributed by atoms with Crippen molar-refractivity contribution in [1.29, 1.82) is 0 Å². The Morgan fingerprint density at radius 3 is 2.47 bits per heavy atom. The summed E-state index contributed by atoms with van der Waals surface area (Å²) in [6.45, 7) is 0.531. The topological polar surface area (TPSA) is 63.3 Å². The van der Waals surface area contributed by atoms with Crippen LogP contribution in [0.25, 0.3) is 6.08 Å². The molecule has 3 N–H and O–H groups in total. The first-order chi connectivity index (χ1) is 7.22. The van der Waals surface area contributed by atoms with Crippen molar-refractivity contribution in [3.8, 4) is 0 Å². The fraction of sp³-hybridized carbons (Fsp3) is 0.0833. The summed E-state index contributed by atoms with van der Waals surface area (Å²) in [6.07, 6.45) is 6.09. The van der Waals surface area contributed by atoms with E-state index in [-0.39, 0.29) is 0 Å². The molecule has 1 aromatic carbocycles. The molecule has 3 nitrogen and oxygen atoms in total. The first-order valence-electron chi connectivity index (χ1n) is 4.59. The molecule has 0 saturated carbocycles. The Balaban J connectivity index is 2.61. The van der Waals surface area contributed by atoms with E-state index in [1.54, 1.807) is 6.08 Å². The molecule has 0 saturated heterocycles. The number of carboxylic acid groups (broad SMARTS) is 1. The summed E-state index contributed by atoms with van der Waals surface area (Å²) in [7, 11) is 0. The van der Waals surface area contributed by atoms with E-state index in [4.69, 9.17) is 10.8 Å². The zero-order valence-corrected chi connectivity index (χ0v) is 8.26. The van der Waals surface area contributed by atoms with Crippen molar-refractivity contribution >= 4 is 12.0 Å². The minimum Gasteiger partial charge on any atom is -0.478 e. The minimum absolute atomic E-state index is 0.531. The molecule has 15 heavy (non-hydrogen) atoms. The average molecular weight is 203 g/mol. The second-order valence-corrected chi connectivity index (χ2v) is 3.00. The molecule has 0 heterocycles. The van der Waals surface area contributed by atoms with E-state index in [0.717, 1.165) is 17.2 Å². The van der Waals surface area contributed by atoms with E-state index < -0.39 is 5.97 Å². The number of allylic oxidation sites excluding steroid dienone is 2. The van der Waals surface area contributed by atoms with E-state index in [1.165, 1.54) is 6.08 Å². The maximum Gasteiger partial charge on any atom is 0.328 e. The number of benzene rings is 1. The Morgan fingerprint density at radius 2 is 1.93 bits per heavy atom. The van der Waals surface area contributed by atoms with Gasteiger partial charge in [0, 0.05) is 12.6 Å². The summed E-state index contributed by atoms with van der Waals surface area (Å²) in [5, 5.41) is 8.34. The minimum atomic E-state index is -0.946. The Hall–Kier alpha value is -1.87. The molecule has 1 aromatic rings. The highest BCUT2D eigenvalue weighted by Gasteiger charge is 1.88. The van der Waals surface area contributed by atoms with Crippen LogP contribution in [0.15, 0.2) is 42.5 Å². The number of nitrogens with two attached hydrogens (primary N) is 1. The lowest BCUT2D eigenvalue weighted by molar-refractivity contribution is -0.131. The van der Waals surface area contributed by atoms with Crippen molar-refractivity contribution in [1.82, 2.24) is 0 Å². The highest BCUT2D eigenvalue weighted by molar-refractivity contribution is 5.80. The largest absolute Gasteiger partial charge is 0.478 e. The van der Waals surface area contributed by atoms with Crippen molar-refractivity contribution in [2.24, 2.45) is 5.73 Å². The van der Waals surface area contributed by atoms with Crippen LogP contribution in [0.5, 0.6) is 0 Å². The number of rotatable bonds is 4. The van der Waals surface area contributed by atoms with Crippen LogP contribution >= 0.6 is 0 Å². The molecule has 0 amide bonds. The third kappa shape index (κ3) is 4.24. The lowest BCUT2D eigenvalue weighted by Crippen LogP contribution is -1.94. The van der Waals surface area contributed by atoms with Crippen LogP contribution in [-0.4, -0.2) is 11.1 Å². The summed E-state index contributed by atoms with van der Waals surface area (Å²) < 4.78 is 0. The number of aliphatic carboxylic acids is 1. The van der Waals surface area contributed by atoms with Crippen LogP contribution in [0.1, 0.15) is 11.1 Å². The highest BCUT2D eigenvalue weighted by Crippen LogP contribution is 2.05. The molecule has 78 valence electrons. The van der Waals surface area contributed by atoms with Gasteiger partial charge in [-0.15, -0.1) is 0 Å². The Morgan fingerprint density at radius 1 is 1.27 bits per heavy atom. The van der Waals surface area contributed by atoms with E-state index >= 15 is 0 Å². The molecule has 0 aliphatic carbocycles. The van der Waals surface area contributed by atoms with Crippen molar-refractivity contribution in [2.45, 2.75) is 6.54 Å². The van der Waals surface area contributed by atoms with Crippen LogP contribution < -0.4 is 5.73 Å². The lowest BCUT2D eigenvalue weighted by atomic mass is 10.1. The van der Waals surface area contributed by atoms with Gasteiger partial charge in [0.1, 0.15) is 0 Å². The molecule has 1 rings (SSSR count). The van der Waals surface area contributed by atoms with Gasteiger partial charge in [-0.3, -0.25) is 0 Å². The lowest BCUT2D eigenvalue weighted by Gasteiger charge is -1.96. The van der Waals surface area contributed by atoms with Crippen LogP contribution in [0.2, 0.25) is 0 Å². The number of carbonyl (C=O) groups is 1. The van der Waals surface area contributed by atoms with Crippen molar-refractivity contribution in [3.05, 3.63) is 53.6 Å². The summed E-state index contributed by atoms with van der Waals surface area (Å²) in [6, 6.07) is 7.77. The summed E-state index contributed by atoms with van der Waals surface area (Å²) in [5.41, 5.74) is 7.55. The van der Waals surface area contributed by atoms with Gasteiger partial charge in [0.25, 0.3) is 0 Å². The van der Waals surface area contributed by atoms with Crippen LogP contribution in [0.4, 0.5) is 0 Å². The van der Waals surface area contributed by atoms with E-state index in [1.807, 2.05) is 30.3 Å². The molecule has 0 fully saturated rings. The third-order valence-corrected chi connectivity index (χ3v) is 1.85. The molecule has 0 atom stereocenters. The molecule has 0 aromatic heterocycles. The molecule has 0 bridgehead atoms. The SMILES string of the molecule is NCc1ccc(C=CC=CC(=O)O)cc1. The molecule has 0 unspecified atom stereocenters. The number of carboxylic acids is 1. The molecule has 0 spiro atoms. The Labute approximate surface area is 88.5 Å². The maximum atomic E-state index is 10.2. The summed E-state index contributed by atoms with van der Waals surface area (Å²) >= 11 is 0. The maximum absolute atomic E-state index is 10.2. The predicted octanol–water partition coefficient (Wildman–Crippen LogP) is 1.80. The smallest absolute Gasteiger partial charge is 0.328 e. The van der Waals surface area contributed by atoms with Crippen LogP contribution in [0.3, 0.4) is 0 Å². The number of hydrogen-bond donors (Lipinski definition) is 2. The van der Waals surface area contributed by atoms with Crippen LogP contribution in [-0.2, 0) is 11.3 Å². The molecule has 0 aliphatic rings. The quantitative estimate of drug-likeness (QED) is 0.579. The second kappa shape index (κ2) is 5.78. The van der Waals surface area contributed by atoms with Crippen molar-refractivity contribution in [3.63, 3.8) is 0 Å². The fourth-order valence-corrected chi connectivity index (χ4v) is 1.07. The van der Waals surface area contributed by atoms with Crippen molar-refractivity contribution < 1.29 is 9.90 Å². The number of hydrogen-bond acceptors (Lipinski definition) is 2. The van der Waals surface area contributed by atoms with Crippen molar-refractivity contribution in [2.75, 3.05) is 0 Å². The first-order valence-corrected chi connectivity index (χ1v) is 4.59. The fourth-order valence-electron chi connectivity index (χ4n) is 1.07. The van der Waals surface area contributed by atoms with E-state index in [2.05, 4.69) is 0 Å². The summed E-state index contributed by atoms with van der Waals surface area (Å²) in [5.74, 6) is -0.946. The monoisotopic (exact) mass is 203 g/mol. The standard InChI is InChI=1S/C12H13NO2/c13-9-11-7-5-10(6-8-11)3-1-2-4-12(14)15/h1-8H,9,13H2,(H,14,15). The van der Waals surface area contributed by atoms with Gasteiger partial charge in [-0.2, -0.15) is 0 Å². The van der Waals surface area contributed by atoms with Gasteiger partial charge in [-0.05, 0) is 11.1 Å². The second-order valence-electron chi connectivity index (χ2n) is 3.00. The zero-order valence-electron chi connectivity index (χ0n) is 8.26. The van der Waals surface area contributed by atoms with Gasteiger partial charge < -0.3 is 10.8 Å². The van der Waals surface area contributed by atoms with Gasteiger partial charge in [-0.25, -0.2) is 4.79 Å². The summed E-state index contributed by atoms with van der Waals surface area (Å²) in [4.78, 5) is 10.2. The van der Waals surface area contributed by atoms with E-state index in [9.17, 15) is 4.79 Å². The van der Waals surface area contributed by atoms with E-state index in [0.29, 0.717) is 6.54 Å². The van der Waals surface area contributed by atoms with Gasteiger partial charge in [0.2, 0.25) is 0 Å². The molecular formula is C12H13NO2. The Kier molecular flexibility index (Phi) is 4.31. The molecule has 0 radical (unpaired) electrons. The van der Waals surface area contributed by atoms with Gasteiger partial charge in [0.05, 0.1) is 0 Å². The van der Waals surface area contributed by atoms with Gasteiger partial charge in [0.15, 0.2) is 0 Å². The molecule has 3 heteroatoms. The highest BCUT2D eigenvalue weighted by atomic mass is 16.4. The van der Waals surface area contributed by atoms with Gasteiger partial charge in [-0.1, -0.05) is 42.5 Å². The molecule has 0 aliphatic heterocycles. The zero-order chi connectivity index (χ0) is 11.1. The molecular weight excluding hydrogens is 190 g/mol. The predicted molar refractivity (Wildman–Crippen MR) is 60.1 cm³/mol.